The van der Waals surface area contributed by atoms with Gasteiger partial charge in [0.25, 0.3) is 5.67 Å². The lowest BCUT2D eigenvalue weighted by Crippen LogP contribution is -2.46. The lowest BCUT2D eigenvalue weighted by Gasteiger charge is -2.37. The van der Waals surface area contributed by atoms with Crippen LogP contribution in [0.2, 0.25) is 0 Å². The van der Waals surface area contributed by atoms with E-state index in [1.807, 2.05) is 5.83 Å². The highest BCUT2D eigenvalue weighted by atomic mass is 79.9. The number of hydrogen-bond donors (Lipinski definition) is 0. The third-order valence-corrected chi connectivity index (χ3v) is 5.51. The minimum atomic E-state index is -2.31. The lowest BCUT2D eigenvalue weighted by molar-refractivity contribution is -0.164. The maximum absolute atomic E-state index is 16.2. The molecular formula is C23H25BrFNO2. The van der Waals surface area contributed by atoms with E-state index in [4.69, 9.17) is 4.74 Å². The van der Waals surface area contributed by atoms with Crippen molar-refractivity contribution in [3.8, 4) is 0 Å². The number of likely N-dealkylation sites (N-methyl/N-ethyl adjacent to an activating group) is 1. The zero-order valence-electron chi connectivity index (χ0n) is 16.1. The topological polar surface area (TPSA) is 29.5 Å². The van der Waals surface area contributed by atoms with Crippen LogP contribution in [0.5, 0.6) is 0 Å². The number of halogens is 2. The van der Waals surface area contributed by atoms with Gasteiger partial charge in [-0.25, -0.2) is 9.18 Å². The second-order valence-corrected chi connectivity index (χ2v) is 7.07. The molecule has 2 atom stereocenters. The van der Waals surface area contributed by atoms with Crippen LogP contribution >= 0.6 is 15.9 Å². The van der Waals surface area contributed by atoms with Crippen LogP contribution in [0.3, 0.4) is 0 Å². The van der Waals surface area contributed by atoms with Gasteiger partial charge in [-0.05, 0) is 12.9 Å². The zero-order valence-corrected chi connectivity index (χ0v) is 17.7. The van der Waals surface area contributed by atoms with Crippen LogP contribution in [-0.2, 0) is 15.2 Å². The number of benzene rings is 2. The Kier molecular flexibility index (Phi) is 6.68. The Morgan fingerprint density at radius 2 is 1.39 bits per heavy atom. The van der Waals surface area contributed by atoms with E-state index in [1.54, 1.807) is 60.7 Å². The Labute approximate surface area is 174 Å². The molecule has 1 saturated heterocycles. The average molecular weight is 446 g/mol. The van der Waals surface area contributed by atoms with Crippen molar-refractivity contribution in [2.75, 3.05) is 12.9 Å². The Morgan fingerprint density at radius 1 is 0.964 bits per heavy atom. The summed E-state index contributed by atoms with van der Waals surface area (Å²) in [5.74, 6) is 0.983. The summed E-state index contributed by atoms with van der Waals surface area (Å²) in [6, 6.07) is 17.6. The highest BCUT2D eigenvalue weighted by Gasteiger charge is 2.46. The molecule has 0 aliphatic carbocycles. The fraction of sp³-hybridized carbons (Fsp3) is 0.348. The molecule has 4 rings (SSSR count). The summed E-state index contributed by atoms with van der Waals surface area (Å²) in [7, 11) is 2.07. The largest absolute Gasteiger partial charge is 0.459 e. The van der Waals surface area contributed by atoms with Gasteiger partial charge >= 0.3 is 5.97 Å². The number of carbonyl (C=O) groups is 1. The molecule has 28 heavy (non-hydrogen) atoms. The van der Waals surface area contributed by atoms with Gasteiger partial charge in [-0.1, -0.05) is 88.7 Å². The molecule has 0 N–H and O–H groups in total. The van der Waals surface area contributed by atoms with Gasteiger partial charge < -0.3 is 4.74 Å². The van der Waals surface area contributed by atoms with E-state index in [9.17, 15) is 4.79 Å². The third-order valence-electron chi connectivity index (χ3n) is 5.51. The highest BCUT2D eigenvalue weighted by molar-refractivity contribution is 9.08. The first-order valence-electron chi connectivity index (χ1n) is 9.38. The number of nitrogens with zero attached hydrogens (tertiary/aromatic N) is 1. The molecule has 2 aromatic rings. The van der Waals surface area contributed by atoms with Gasteiger partial charge in [-0.2, -0.15) is 0 Å². The molecule has 2 bridgehead atoms. The number of piperidine rings is 1. The molecule has 0 spiro atoms. The van der Waals surface area contributed by atoms with Gasteiger partial charge in [-0.3, -0.25) is 4.90 Å². The molecule has 2 aliphatic heterocycles. The predicted molar refractivity (Wildman–Crippen MR) is 113 cm³/mol. The number of alkyl halides is 2. The molecule has 2 heterocycles. The van der Waals surface area contributed by atoms with E-state index >= 15 is 4.39 Å². The molecule has 1 fully saturated rings. The van der Waals surface area contributed by atoms with Crippen molar-refractivity contribution in [3.05, 3.63) is 83.9 Å². The monoisotopic (exact) mass is 445 g/mol. The summed E-state index contributed by atoms with van der Waals surface area (Å²) in [5.41, 5.74) is -1.71. The summed E-state index contributed by atoms with van der Waals surface area (Å²) in [6.45, 7) is 0. The number of esters is 1. The van der Waals surface area contributed by atoms with Gasteiger partial charge in [0.15, 0.2) is 0 Å². The van der Waals surface area contributed by atoms with Crippen LogP contribution in [0.15, 0.2) is 72.8 Å². The van der Waals surface area contributed by atoms with Crippen molar-refractivity contribution in [1.82, 2.24) is 4.90 Å². The summed E-state index contributed by atoms with van der Waals surface area (Å²) in [6.07, 6.45) is 5.43. The maximum atomic E-state index is 16.2. The molecule has 148 valence electrons. The Bertz CT molecular complexity index is 756. The normalized spacial score (nSPS) is 23.6. The van der Waals surface area contributed by atoms with Crippen molar-refractivity contribution in [2.45, 2.75) is 36.7 Å². The first kappa shape index (κ1) is 20.7. The average Bonchev–Trinajstić information content (AvgIpc) is 2.95. The van der Waals surface area contributed by atoms with Crippen molar-refractivity contribution >= 4 is 21.9 Å². The second kappa shape index (κ2) is 9.01. The molecule has 0 aromatic heterocycles. The van der Waals surface area contributed by atoms with Crippen molar-refractivity contribution in [3.63, 3.8) is 0 Å². The van der Waals surface area contributed by atoms with Crippen LogP contribution in [-0.4, -0.2) is 41.9 Å². The van der Waals surface area contributed by atoms with Crippen molar-refractivity contribution in [2.24, 2.45) is 0 Å². The number of ether oxygens (including phenoxy) is 1. The molecular weight excluding hydrogens is 421 g/mol. The van der Waals surface area contributed by atoms with E-state index in [1.165, 1.54) is 0 Å². The third kappa shape index (κ3) is 3.91. The minimum absolute atomic E-state index is 0.258. The second-order valence-electron chi connectivity index (χ2n) is 7.07. The molecule has 2 unspecified atom stereocenters. The fourth-order valence-corrected chi connectivity index (χ4v) is 3.97. The fourth-order valence-electron chi connectivity index (χ4n) is 3.97. The minimum Gasteiger partial charge on any atom is -0.459 e. The van der Waals surface area contributed by atoms with Gasteiger partial charge in [0.1, 0.15) is 6.10 Å². The predicted octanol–water partition coefficient (Wildman–Crippen LogP) is 4.86. The van der Waals surface area contributed by atoms with Gasteiger partial charge in [0.05, 0.1) is 0 Å². The van der Waals surface area contributed by atoms with E-state index in [0.717, 1.165) is 0 Å². The molecule has 2 aliphatic rings. The van der Waals surface area contributed by atoms with Crippen molar-refractivity contribution < 1.29 is 13.9 Å². The smallest absolute Gasteiger partial charge is 0.353 e. The number of fused-ring (bicyclic) bond motifs is 2. The summed E-state index contributed by atoms with van der Waals surface area (Å²) >= 11 is 2.94. The Balaban J connectivity index is 0.00000109. The van der Waals surface area contributed by atoms with Crippen LogP contribution < -0.4 is 0 Å². The summed E-state index contributed by atoms with van der Waals surface area (Å²) in [4.78, 5) is 15.3. The number of hydrogen-bond acceptors (Lipinski definition) is 3. The zero-order chi connectivity index (χ0) is 20.1. The van der Waals surface area contributed by atoms with Crippen LogP contribution in [0.4, 0.5) is 4.39 Å². The molecule has 2 aromatic carbocycles. The standard InChI is InChI=1S/C22H22FNO2.CH3Br/c1-24-18-12-13-19(24)15-20(14-18)26-21(25)22(23,16-8-4-2-5-9-16)17-10-6-3-7-11-17;1-2/h2-13,18-20H,14-15H2,1H3;1H3. The van der Waals surface area contributed by atoms with Crippen LogP contribution in [0, 0.1) is 0 Å². The first-order chi connectivity index (χ1) is 13.6. The van der Waals surface area contributed by atoms with Gasteiger partial charge in [0.2, 0.25) is 0 Å². The van der Waals surface area contributed by atoms with Crippen LogP contribution in [0.1, 0.15) is 24.0 Å². The Hall–Kier alpha value is -1.98. The lowest BCUT2D eigenvalue weighted by atomic mass is 9.88. The van der Waals surface area contributed by atoms with Crippen molar-refractivity contribution in [1.29, 1.82) is 0 Å². The molecule has 0 amide bonds. The van der Waals surface area contributed by atoms with E-state index in [0.29, 0.717) is 24.0 Å². The molecule has 0 saturated carbocycles. The first-order valence-corrected chi connectivity index (χ1v) is 11.0. The number of rotatable bonds is 4. The summed E-state index contributed by atoms with van der Waals surface area (Å²) < 4.78 is 21.9. The van der Waals surface area contributed by atoms with E-state index in [-0.39, 0.29) is 18.2 Å². The number of carbonyl (C=O) groups excluding carboxylic acids is 1. The van der Waals surface area contributed by atoms with Crippen LogP contribution in [0.25, 0.3) is 0 Å². The van der Waals surface area contributed by atoms with E-state index < -0.39 is 11.6 Å². The highest BCUT2D eigenvalue weighted by Crippen LogP contribution is 2.38. The SMILES string of the molecule is CBr.CN1C2C=CC1CC(OC(=O)C(F)(c1ccccc1)c1ccccc1)C2. The quantitative estimate of drug-likeness (QED) is 0.382. The molecule has 0 radical (unpaired) electrons. The molecule has 5 heteroatoms. The Morgan fingerprint density at radius 3 is 1.82 bits per heavy atom. The summed E-state index contributed by atoms with van der Waals surface area (Å²) in [5, 5.41) is 0. The van der Waals surface area contributed by atoms with Gasteiger partial charge in [-0.15, -0.1) is 0 Å². The molecule has 3 nitrogen and oxygen atoms in total. The van der Waals surface area contributed by atoms with Gasteiger partial charge in [0, 0.05) is 36.1 Å². The maximum Gasteiger partial charge on any atom is 0.353 e. The van der Waals surface area contributed by atoms with E-state index in [2.05, 4.69) is 40.0 Å².